The van der Waals surface area contributed by atoms with Gasteiger partial charge in [0, 0.05) is 42.5 Å². The number of aldehydes is 1. The lowest BCUT2D eigenvalue weighted by Gasteiger charge is -2.23. The van der Waals surface area contributed by atoms with Gasteiger partial charge in [-0.15, -0.1) is 0 Å². The largest absolute Gasteiger partial charge is 0.351 e. The van der Waals surface area contributed by atoms with Gasteiger partial charge in [0.1, 0.15) is 6.29 Å². The van der Waals surface area contributed by atoms with Gasteiger partial charge in [-0.1, -0.05) is 13.8 Å². The van der Waals surface area contributed by atoms with E-state index in [1.807, 2.05) is 49.1 Å². The van der Waals surface area contributed by atoms with E-state index >= 15 is 0 Å². The van der Waals surface area contributed by atoms with Gasteiger partial charge in [0.2, 0.25) is 0 Å². The molecule has 0 atom stereocenters. The van der Waals surface area contributed by atoms with E-state index in [0.717, 1.165) is 29.8 Å². The average molecular weight is 315 g/mol. The highest BCUT2D eigenvalue weighted by Crippen LogP contribution is 2.46. The predicted octanol–water partition coefficient (Wildman–Crippen LogP) is 1.79. The molecule has 2 rings (SSSR count). The summed E-state index contributed by atoms with van der Waals surface area (Å²) in [6, 6.07) is 5.71. The Balaban J connectivity index is 2.27. The molecule has 0 radical (unpaired) electrons. The molecule has 0 bridgehead atoms. The number of carbonyl (C=O) groups excluding carboxylic acids is 2. The van der Waals surface area contributed by atoms with E-state index in [2.05, 4.69) is 19.2 Å². The zero-order chi connectivity index (χ0) is 17.2. The molecule has 1 aliphatic heterocycles. The molecule has 1 aliphatic rings. The number of fused-ring (bicyclic) bond motifs is 1. The van der Waals surface area contributed by atoms with Crippen molar-refractivity contribution in [2.45, 2.75) is 19.3 Å². The minimum Gasteiger partial charge on any atom is -0.351 e. The highest BCUT2D eigenvalue weighted by Gasteiger charge is 2.38. The summed E-state index contributed by atoms with van der Waals surface area (Å²) in [5, 5.41) is 2.93. The lowest BCUT2D eigenvalue weighted by atomic mass is 9.83. The van der Waals surface area contributed by atoms with E-state index in [0.29, 0.717) is 12.1 Å². The molecule has 1 aromatic carbocycles. The number of nitrogens with zero attached hydrogens (tertiary/aromatic N) is 2. The highest BCUT2D eigenvalue weighted by atomic mass is 16.1. The molecule has 5 heteroatoms. The first-order valence-electron chi connectivity index (χ1n) is 7.76. The standard InChI is InChI=1S/C18H25N3O2/c1-18(2)14-12-13(17(23)19-9-10-20(3)4)6-7-15(14)21(5)16(18)8-11-22/h6-8,11-12H,9-10H2,1-5H3,(H,19,23)/b16-8-. The van der Waals surface area contributed by atoms with Gasteiger partial charge in [0.25, 0.3) is 5.91 Å². The van der Waals surface area contributed by atoms with Crippen LogP contribution in [0.2, 0.25) is 0 Å². The molecule has 1 amide bonds. The smallest absolute Gasteiger partial charge is 0.251 e. The van der Waals surface area contributed by atoms with E-state index in [-0.39, 0.29) is 11.3 Å². The van der Waals surface area contributed by atoms with Crippen molar-refractivity contribution in [2.75, 3.05) is 39.1 Å². The van der Waals surface area contributed by atoms with Crippen LogP contribution in [0.3, 0.4) is 0 Å². The number of likely N-dealkylation sites (N-methyl/N-ethyl adjacent to an activating group) is 2. The first kappa shape index (κ1) is 17.2. The molecule has 1 heterocycles. The quantitative estimate of drug-likeness (QED) is 0.665. The molecule has 0 saturated heterocycles. The van der Waals surface area contributed by atoms with Crippen LogP contribution in [0.15, 0.2) is 30.0 Å². The molecule has 0 aromatic heterocycles. The van der Waals surface area contributed by atoms with Crippen LogP contribution >= 0.6 is 0 Å². The third-order valence-corrected chi connectivity index (χ3v) is 4.37. The lowest BCUT2D eigenvalue weighted by molar-refractivity contribution is -0.104. The SMILES string of the molecule is CN(C)CCNC(=O)c1ccc2c(c1)C(C)(C)/C(=C/C=O)N2C. The summed E-state index contributed by atoms with van der Waals surface area (Å²) in [4.78, 5) is 27.3. The second-order valence-electron chi connectivity index (χ2n) is 6.66. The molecule has 0 unspecified atom stereocenters. The fourth-order valence-electron chi connectivity index (χ4n) is 3.04. The van der Waals surface area contributed by atoms with Crippen LogP contribution in [-0.2, 0) is 10.2 Å². The second-order valence-corrected chi connectivity index (χ2v) is 6.66. The number of hydrogen-bond donors (Lipinski definition) is 1. The van der Waals surface area contributed by atoms with Gasteiger partial charge >= 0.3 is 0 Å². The predicted molar refractivity (Wildman–Crippen MR) is 92.9 cm³/mol. The summed E-state index contributed by atoms with van der Waals surface area (Å²) in [5.74, 6) is -0.0686. The Bertz CT molecular complexity index is 648. The van der Waals surface area contributed by atoms with Crippen molar-refractivity contribution in [1.29, 1.82) is 0 Å². The van der Waals surface area contributed by atoms with Crippen molar-refractivity contribution >= 4 is 17.9 Å². The zero-order valence-electron chi connectivity index (χ0n) is 14.5. The van der Waals surface area contributed by atoms with Gasteiger partial charge in [-0.05, 0) is 43.9 Å². The molecular formula is C18H25N3O2. The maximum atomic E-state index is 12.3. The van der Waals surface area contributed by atoms with Crippen molar-refractivity contribution in [3.05, 3.63) is 41.1 Å². The molecule has 0 fully saturated rings. The van der Waals surface area contributed by atoms with Crippen LogP contribution in [0.1, 0.15) is 29.8 Å². The molecule has 1 aromatic rings. The topological polar surface area (TPSA) is 52.7 Å². The van der Waals surface area contributed by atoms with Crippen LogP contribution < -0.4 is 10.2 Å². The molecule has 1 N–H and O–H groups in total. The molecule has 0 spiro atoms. The lowest BCUT2D eigenvalue weighted by Crippen LogP contribution is -2.31. The minimum absolute atomic E-state index is 0.0686. The monoisotopic (exact) mass is 315 g/mol. The van der Waals surface area contributed by atoms with Gasteiger partial charge in [-0.25, -0.2) is 0 Å². The third-order valence-electron chi connectivity index (χ3n) is 4.37. The van der Waals surface area contributed by atoms with Crippen LogP contribution in [0.25, 0.3) is 0 Å². The first-order valence-corrected chi connectivity index (χ1v) is 7.76. The Hall–Kier alpha value is -2.14. The van der Waals surface area contributed by atoms with E-state index in [1.165, 1.54) is 0 Å². The Kier molecular flexibility index (Phi) is 4.90. The van der Waals surface area contributed by atoms with E-state index < -0.39 is 0 Å². The first-order chi connectivity index (χ1) is 10.8. The average Bonchev–Trinajstić information content (AvgIpc) is 2.68. The van der Waals surface area contributed by atoms with Crippen LogP contribution in [0, 0.1) is 0 Å². The summed E-state index contributed by atoms with van der Waals surface area (Å²) < 4.78 is 0. The summed E-state index contributed by atoms with van der Waals surface area (Å²) in [7, 11) is 5.89. The fraction of sp³-hybridized carbons (Fsp3) is 0.444. The Morgan fingerprint density at radius 2 is 2.04 bits per heavy atom. The number of rotatable bonds is 5. The third kappa shape index (κ3) is 3.29. The van der Waals surface area contributed by atoms with Gasteiger partial charge in [0.05, 0.1) is 0 Å². The summed E-state index contributed by atoms with van der Waals surface area (Å²) in [5.41, 5.74) is 3.38. The van der Waals surface area contributed by atoms with Gasteiger partial charge in [-0.3, -0.25) is 9.59 Å². The van der Waals surface area contributed by atoms with Crippen molar-refractivity contribution in [3.8, 4) is 0 Å². The molecule has 0 saturated carbocycles. The number of allylic oxidation sites excluding steroid dienone is 2. The van der Waals surface area contributed by atoms with E-state index in [9.17, 15) is 9.59 Å². The van der Waals surface area contributed by atoms with E-state index in [4.69, 9.17) is 0 Å². The molecule has 0 aliphatic carbocycles. The molecule has 124 valence electrons. The maximum absolute atomic E-state index is 12.3. The van der Waals surface area contributed by atoms with Crippen LogP contribution in [0.5, 0.6) is 0 Å². The zero-order valence-corrected chi connectivity index (χ0v) is 14.5. The Morgan fingerprint density at radius 3 is 2.65 bits per heavy atom. The maximum Gasteiger partial charge on any atom is 0.251 e. The molecule has 23 heavy (non-hydrogen) atoms. The number of anilines is 1. The number of nitrogens with one attached hydrogen (secondary N) is 1. The summed E-state index contributed by atoms with van der Waals surface area (Å²) in [6.07, 6.45) is 2.41. The normalized spacial score (nSPS) is 17.5. The van der Waals surface area contributed by atoms with Crippen molar-refractivity contribution in [3.63, 3.8) is 0 Å². The second kappa shape index (κ2) is 6.54. The van der Waals surface area contributed by atoms with Gasteiger partial charge in [-0.2, -0.15) is 0 Å². The summed E-state index contributed by atoms with van der Waals surface area (Å²) >= 11 is 0. The molecule has 5 nitrogen and oxygen atoms in total. The number of carbonyl (C=O) groups is 2. The van der Waals surface area contributed by atoms with Crippen molar-refractivity contribution < 1.29 is 9.59 Å². The number of amides is 1. The summed E-state index contributed by atoms with van der Waals surface area (Å²) in [6.45, 7) is 5.55. The van der Waals surface area contributed by atoms with Crippen molar-refractivity contribution in [1.82, 2.24) is 10.2 Å². The number of benzene rings is 1. The minimum atomic E-state index is -0.301. The Labute approximate surface area is 138 Å². The molecular weight excluding hydrogens is 290 g/mol. The Morgan fingerprint density at radius 1 is 1.35 bits per heavy atom. The van der Waals surface area contributed by atoms with Gasteiger partial charge < -0.3 is 15.1 Å². The fourth-order valence-corrected chi connectivity index (χ4v) is 3.04. The highest BCUT2D eigenvalue weighted by molar-refractivity contribution is 5.95. The van der Waals surface area contributed by atoms with Gasteiger partial charge in [0.15, 0.2) is 0 Å². The van der Waals surface area contributed by atoms with Crippen molar-refractivity contribution in [2.24, 2.45) is 0 Å². The van der Waals surface area contributed by atoms with Crippen LogP contribution in [0.4, 0.5) is 5.69 Å². The van der Waals surface area contributed by atoms with Crippen LogP contribution in [-0.4, -0.2) is 51.3 Å². The number of hydrogen-bond acceptors (Lipinski definition) is 4. The van der Waals surface area contributed by atoms with E-state index in [1.54, 1.807) is 6.08 Å².